The van der Waals surface area contributed by atoms with Gasteiger partial charge >= 0.3 is 0 Å². The van der Waals surface area contributed by atoms with Gasteiger partial charge in [0.1, 0.15) is 28.9 Å². The third kappa shape index (κ3) is 2.89. The Hall–Kier alpha value is -2.35. The Morgan fingerprint density at radius 3 is 2.58 bits per heavy atom. The van der Waals surface area contributed by atoms with Crippen LogP contribution in [0.5, 0.6) is 0 Å². The van der Waals surface area contributed by atoms with Gasteiger partial charge in [0.05, 0.1) is 0 Å². The number of nitriles is 1. The fourth-order valence-corrected chi connectivity index (χ4v) is 3.53. The highest BCUT2D eigenvalue weighted by Crippen LogP contribution is 2.37. The lowest BCUT2D eigenvalue weighted by Gasteiger charge is -2.24. The van der Waals surface area contributed by atoms with Crippen molar-refractivity contribution in [1.29, 1.82) is 5.26 Å². The number of pyridine rings is 1. The molecule has 0 aliphatic heterocycles. The van der Waals surface area contributed by atoms with Crippen molar-refractivity contribution in [2.75, 3.05) is 18.0 Å². The first-order valence-electron chi connectivity index (χ1n) is 8.84. The van der Waals surface area contributed by atoms with Gasteiger partial charge < -0.3 is 9.42 Å². The van der Waals surface area contributed by atoms with Crippen molar-refractivity contribution in [3.8, 4) is 17.3 Å². The average Bonchev–Trinajstić information content (AvgIpc) is 2.88. The van der Waals surface area contributed by atoms with Crippen LogP contribution in [0.4, 0.5) is 5.82 Å². The molecular weight excluding hydrogens is 300 g/mol. The van der Waals surface area contributed by atoms with Crippen LogP contribution in [0.3, 0.4) is 0 Å². The predicted molar refractivity (Wildman–Crippen MR) is 94.0 cm³/mol. The lowest BCUT2D eigenvalue weighted by atomic mass is 9.94. The van der Waals surface area contributed by atoms with E-state index in [4.69, 9.17) is 9.51 Å². The first kappa shape index (κ1) is 16.5. The Morgan fingerprint density at radius 2 is 1.96 bits per heavy atom. The van der Waals surface area contributed by atoms with Crippen molar-refractivity contribution in [2.24, 2.45) is 0 Å². The molecule has 0 fully saturated rings. The van der Waals surface area contributed by atoms with E-state index in [1.165, 1.54) is 12.0 Å². The van der Waals surface area contributed by atoms with E-state index < -0.39 is 0 Å². The second kappa shape index (κ2) is 7.04. The fraction of sp³-hybridized carbons (Fsp3) is 0.526. The molecular formula is C19H24N4O. The molecule has 0 saturated carbocycles. The smallest absolute Gasteiger partial charge is 0.147 e. The quantitative estimate of drug-likeness (QED) is 0.794. The zero-order chi connectivity index (χ0) is 17.1. The molecule has 5 heteroatoms. The van der Waals surface area contributed by atoms with Crippen LogP contribution in [-0.2, 0) is 12.8 Å². The number of rotatable bonds is 4. The molecule has 3 rings (SSSR count). The molecule has 5 nitrogen and oxygen atoms in total. The van der Waals surface area contributed by atoms with Crippen molar-refractivity contribution in [3.05, 3.63) is 28.6 Å². The Kier molecular flexibility index (Phi) is 4.84. The van der Waals surface area contributed by atoms with Gasteiger partial charge in [0.15, 0.2) is 0 Å². The zero-order valence-corrected chi connectivity index (χ0v) is 14.7. The van der Waals surface area contributed by atoms with Gasteiger partial charge in [-0.3, -0.25) is 0 Å². The zero-order valence-electron chi connectivity index (χ0n) is 14.7. The van der Waals surface area contributed by atoms with E-state index in [-0.39, 0.29) is 0 Å². The van der Waals surface area contributed by atoms with Crippen LogP contribution in [-0.4, -0.2) is 23.2 Å². The highest BCUT2D eigenvalue weighted by atomic mass is 16.5. The molecule has 0 N–H and O–H groups in total. The van der Waals surface area contributed by atoms with Gasteiger partial charge in [0, 0.05) is 30.4 Å². The van der Waals surface area contributed by atoms with Gasteiger partial charge in [-0.15, -0.1) is 0 Å². The standard InChI is InChI=1S/C19H24N4O/c1-4-23(5-2)19-15(12-20)18(17-11-13(3)24-22-17)14-9-7-6-8-10-16(14)21-19/h11H,4-10H2,1-3H3. The second-order valence-electron chi connectivity index (χ2n) is 6.28. The summed E-state index contributed by atoms with van der Waals surface area (Å²) in [6, 6.07) is 4.33. The van der Waals surface area contributed by atoms with Gasteiger partial charge in [0.2, 0.25) is 0 Å². The summed E-state index contributed by atoms with van der Waals surface area (Å²) < 4.78 is 5.30. The first-order valence-corrected chi connectivity index (χ1v) is 8.84. The molecule has 0 radical (unpaired) electrons. The van der Waals surface area contributed by atoms with Crippen molar-refractivity contribution in [2.45, 2.75) is 52.9 Å². The van der Waals surface area contributed by atoms with Crippen LogP contribution in [0, 0.1) is 18.3 Å². The summed E-state index contributed by atoms with van der Waals surface area (Å²) in [6.07, 6.45) is 5.42. The van der Waals surface area contributed by atoms with E-state index in [1.807, 2.05) is 13.0 Å². The molecule has 0 saturated heterocycles. The number of anilines is 1. The number of hydrogen-bond acceptors (Lipinski definition) is 5. The molecule has 1 aliphatic carbocycles. The summed E-state index contributed by atoms with van der Waals surface area (Å²) in [5.74, 6) is 1.55. The number of hydrogen-bond donors (Lipinski definition) is 0. The van der Waals surface area contributed by atoms with Crippen molar-refractivity contribution >= 4 is 5.82 Å². The van der Waals surface area contributed by atoms with Gasteiger partial charge in [-0.25, -0.2) is 4.98 Å². The SMILES string of the molecule is CCN(CC)c1nc2c(c(-c3cc(C)on3)c1C#N)CCCCC2. The summed E-state index contributed by atoms with van der Waals surface area (Å²) in [5.41, 5.74) is 4.64. The normalized spacial score (nSPS) is 13.9. The minimum absolute atomic E-state index is 0.632. The Balaban J connectivity index is 2.30. The van der Waals surface area contributed by atoms with Crippen molar-refractivity contribution in [3.63, 3.8) is 0 Å². The summed E-state index contributed by atoms with van der Waals surface area (Å²) in [4.78, 5) is 7.08. The third-order valence-electron chi connectivity index (χ3n) is 4.76. The van der Waals surface area contributed by atoms with Crippen LogP contribution in [0.1, 0.15) is 55.7 Å². The highest BCUT2D eigenvalue weighted by Gasteiger charge is 2.25. The van der Waals surface area contributed by atoms with Crippen molar-refractivity contribution in [1.82, 2.24) is 10.1 Å². The molecule has 0 aromatic carbocycles. The maximum atomic E-state index is 9.90. The molecule has 126 valence electrons. The number of fused-ring (bicyclic) bond motifs is 1. The monoisotopic (exact) mass is 324 g/mol. The molecule has 0 unspecified atom stereocenters. The maximum Gasteiger partial charge on any atom is 0.147 e. The molecule has 2 aromatic heterocycles. The van der Waals surface area contributed by atoms with Gasteiger partial charge in [-0.05, 0) is 52.0 Å². The largest absolute Gasteiger partial charge is 0.361 e. The fourth-order valence-electron chi connectivity index (χ4n) is 3.53. The molecule has 24 heavy (non-hydrogen) atoms. The Bertz CT molecular complexity index is 768. The van der Waals surface area contributed by atoms with Crippen LogP contribution in [0.2, 0.25) is 0 Å². The van der Waals surface area contributed by atoms with Gasteiger partial charge in [-0.2, -0.15) is 5.26 Å². The topological polar surface area (TPSA) is 66.0 Å². The highest BCUT2D eigenvalue weighted by molar-refractivity contribution is 5.78. The molecule has 2 aromatic rings. The first-order chi connectivity index (χ1) is 11.7. The number of aryl methyl sites for hydroxylation is 2. The number of nitrogens with zero attached hydrogens (tertiary/aromatic N) is 4. The van der Waals surface area contributed by atoms with Crippen LogP contribution in [0.25, 0.3) is 11.3 Å². The Morgan fingerprint density at radius 1 is 1.21 bits per heavy atom. The molecule has 1 aliphatic rings. The summed E-state index contributed by atoms with van der Waals surface area (Å²) in [6.45, 7) is 7.73. The predicted octanol–water partition coefficient (Wildman–Crippen LogP) is 4.03. The van der Waals surface area contributed by atoms with Crippen LogP contribution in [0.15, 0.2) is 10.6 Å². The lowest BCUT2D eigenvalue weighted by Crippen LogP contribution is -2.25. The van der Waals surface area contributed by atoms with Crippen LogP contribution < -0.4 is 4.90 Å². The molecule has 0 spiro atoms. The van der Waals surface area contributed by atoms with E-state index in [0.29, 0.717) is 5.56 Å². The van der Waals surface area contributed by atoms with E-state index in [1.54, 1.807) is 0 Å². The summed E-state index contributed by atoms with van der Waals surface area (Å²) >= 11 is 0. The number of aromatic nitrogens is 2. The lowest BCUT2D eigenvalue weighted by molar-refractivity contribution is 0.399. The average molecular weight is 324 g/mol. The molecule has 0 bridgehead atoms. The summed E-state index contributed by atoms with van der Waals surface area (Å²) in [7, 11) is 0. The summed E-state index contributed by atoms with van der Waals surface area (Å²) in [5, 5.41) is 14.1. The second-order valence-corrected chi connectivity index (χ2v) is 6.28. The van der Waals surface area contributed by atoms with Crippen LogP contribution >= 0.6 is 0 Å². The van der Waals surface area contributed by atoms with Gasteiger partial charge in [0.25, 0.3) is 0 Å². The van der Waals surface area contributed by atoms with E-state index in [9.17, 15) is 5.26 Å². The third-order valence-corrected chi connectivity index (χ3v) is 4.76. The van der Waals surface area contributed by atoms with E-state index in [0.717, 1.165) is 67.3 Å². The molecule has 0 atom stereocenters. The van der Waals surface area contributed by atoms with E-state index >= 15 is 0 Å². The van der Waals surface area contributed by atoms with E-state index in [2.05, 4.69) is 30.0 Å². The molecule has 2 heterocycles. The molecule has 0 amide bonds. The van der Waals surface area contributed by atoms with Crippen molar-refractivity contribution < 1.29 is 4.52 Å². The minimum Gasteiger partial charge on any atom is -0.361 e. The minimum atomic E-state index is 0.632. The maximum absolute atomic E-state index is 9.90. The van der Waals surface area contributed by atoms with Gasteiger partial charge in [-0.1, -0.05) is 11.6 Å². The Labute approximate surface area is 143 Å².